The zero-order valence-electron chi connectivity index (χ0n) is 9.02. The lowest BCUT2D eigenvalue weighted by Crippen LogP contribution is -2.04. The van der Waals surface area contributed by atoms with E-state index in [2.05, 4.69) is 28.7 Å². The lowest BCUT2D eigenvalue weighted by Gasteiger charge is -2.09. The fourth-order valence-electron chi connectivity index (χ4n) is 1.71. The van der Waals surface area contributed by atoms with Crippen LogP contribution in [0.2, 0.25) is 0 Å². The Bertz CT molecular complexity index is 545. The molecule has 0 unspecified atom stereocenters. The zero-order valence-corrected chi connectivity index (χ0v) is 9.02. The van der Waals surface area contributed by atoms with Crippen LogP contribution in [0.3, 0.4) is 0 Å². The van der Waals surface area contributed by atoms with Crippen LogP contribution in [0.1, 0.15) is 31.3 Å². The second-order valence-corrected chi connectivity index (χ2v) is 3.83. The van der Waals surface area contributed by atoms with E-state index < -0.39 is 0 Å². The number of hydrogen-bond acceptors (Lipinski definition) is 2. The lowest BCUT2D eigenvalue weighted by molar-refractivity contribution is 0.735. The Morgan fingerprint density at radius 3 is 2.73 bits per heavy atom. The second-order valence-electron chi connectivity index (χ2n) is 3.83. The monoisotopic (exact) mass is 200 g/mol. The third-order valence-corrected chi connectivity index (χ3v) is 2.38. The first-order chi connectivity index (χ1) is 7.15. The standard InChI is InChI=1S/C11H12N4/c1-7(2)10-13-6-14-11-9(12-4)5-8(3)15(10)11/h5-7H,1-3H3. The van der Waals surface area contributed by atoms with Gasteiger partial charge in [-0.1, -0.05) is 13.8 Å². The van der Waals surface area contributed by atoms with Crippen LogP contribution < -0.4 is 0 Å². The molecular weight excluding hydrogens is 188 g/mol. The fourth-order valence-corrected chi connectivity index (χ4v) is 1.71. The van der Waals surface area contributed by atoms with Crippen molar-refractivity contribution < 1.29 is 0 Å². The van der Waals surface area contributed by atoms with Crippen LogP contribution in [0.25, 0.3) is 10.5 Å². The highest BCUT2D eigenvalue weighted by atomic mass is 15.1. The number of rotatable bonds is 1. The Morgan fingerprint density at radius 1 is 1.40 bits per heavy atom. The van der Waals surface area contributed by atoms with Crippen LogP contribution >= 0.6 is 0 Å². The van der Waals surface area contributed by atoms with E-state index in [0.29, 0.717) is 17.3 Å². The Labute approximate surface area is 88.4 Å². The molecule has 0 spiro atoms. The first-order valence-electron chi connectivity index (χ1n) is 4.85. The topological polar surface area (TPSA) is 34.5 Å². The molecule has 0 N–H and O–H groups in total. The van der Waals surface area contributed by atoms with Gasteiger partial charge in [0.25, 0.3) is 0 Å². The van der Waals surface area contributed by atoms with Crippen LogP contribution in [0.15, 0.2) is 12.4 Å². The average molecular weight is 200 g/mol. The van der Waals surface area contributed by atoms with E-state index >= 15 is 0 Å². The molecule has 0 atom stereocenters. The van der Waals surface area contributed by atoms with Crippen molar-refractivity contribution in [1.82, 2.24) is 14.4 Å². The average Bonchev–Trinajstić information content (AvgIpc) is 2.55. The quantitative estimate of drug-likeness (QED) is 0.663. The lowest BCUT2D eigenvalue weighted by atomic mass is 10.2. The van der Waals surface area contributed by atoms with Crippen molar-refractivity contribution in [2.24, 2.45) is 0 Å². The van der Waals surface area contributed by atoms with Crippen molar-refractivity contribution in [3.05, 3.63) is 35.3 Å². The molecule has 0 amide bonds. The maximum absolute atomic E-state index is 7.07. The van der Waals surface area contributed by atoms with Gasteiger partial charge in [-0.2, -0.15) is 0 Å². The van der Waals surface area contributed by atoms with Crippen molar-refractivity contribution in [3.8, 4) is 0 Å². The molecule has 0 radical (unpaired) electrons. The van der Waals surface area contributed by atoms with Gasteiger partial charge in [0.2, 0.25) is 5.69 Å². The van der Waals surface area contributed by atoms with Gasteiger partial charge < -0.3 is 0 Å². The predicted octanol–water partition coefficient (Wildman–Crippen LogP) is 2.71. The summed E-state index contributed by atoms with van der Waals surface area (Å²) in [5.41, 5.74) is 2.32. The van der Waals surface area contributed by atoms with E-state index in [9.17, 15) is 0 Å². The highest BCUT2D eigenvalue weighted by Crippen LogP contribution is 2.25. The molecule has 2 aromatic rings. The third kappa shape index (κ3) is 1.37. The molecule has 4 heteroatoms. The molecule has 0 aromatic carbocycles. The maximum Gasteiger partial charge on any atom is 0.230 e. The Kier molecular flexibility index (Phi) is 2.16. The van der Waals surface area contributed by atoms with Crippen molar-refractivity contribution in [1.29, 1.82) is 0 Å². The summed E-state index contributed by atoms with van der Waals surface area (Å²) in [5, 5.41) is 0. The van der Waals surface area contributed by atoms with Crippen LogP contribution in [0.4, 0.5) is 5.69 Å². The van der Waals surface area contributed by atoms with E-state index in [1.165, 1.54) is 6.33 Å². The van der Waals surface area contributed by atoms with Crippen molar-refractivity contribution in [2.45, 2.75) is 26.7 Å². The molecule has 2 aromatic heterocycles. The minimum absolute atomic E-state index is 0.320. The normalized spacial score (nSPS) is 10.9. The van der Waals surface area contributed by atoms with Gasteiger partial charge in [-0.25, -0.2) is 14.8 Å². The van der Waals surface area contributed by atoms with Crippen LogP contribution in [-0.2, 0) is 0 Å². The van der Waals surface area contributed by atoms with E-state index in [-0.39, 0.29) is 0 Å². The first-order valence-corrected chi connectivity index (χ1v) is 4.85. The van der Waals surface area contributed by atoms with Crippen molar-refractivity contribution in [2.75, 3.05) is 0 Å². The Balaban J connectivity index is 2.87. The highest BCUT2D eigenvalue weighted by Gasteiger charge is 2.13. The SMILES string of the molecule is [C-]#[N+]c1cc(C)n2c(C(C)C)ncnc12. The van der Waals surface area contributed by atoms with Crippen LogP contribution in [0.5, 0.6) is 0 Å². The molecule has 0 saturated heterocycles. The largest absolute Gasteiger partial charge is 0.297 e. The van der Waals surface area contributed by atoms with Crippen molar-refractivity contribution >= 4 is 11.3 Å². The molecule has 76 valence electrons. The Hall–Kier alpha value is -1.89. The number of aromatic nitrogens is 3. The van der Waals surface area contributed by atoms with Gasteiger partial charge in [0.15, 0.2) is 0 Å². The van der Waals surface area contributed by atoms with E-state index in [4.69, 9.17) is 6.57 Å². The molecule has 0 fully saturated rings. The smallest absolute Gasteiger partial charge is 0.230 e. The summed E-state index contributed by atoms with van der Waals surface area (Å²) in [6, 6.07) is 1.85. The van der Waals surface area contributed by atoms with Gasteiger partial charge in [0, 0.05) is 11.6 Å². The van der Waals surface area contributed by atoms with Gasteiger partial charge >= 0.3 is 0 Å². The molecular formula is C11H12N4. The maximum atomic E-state index is 7.07. The first kappa shape index (κ1) is 9.66. The molecule has 0 aliphatic rings. The molecule has 0 bridgehead atoms. The summed E-state index contributed by atoms with van der Waals surface area (Å²) in [7, 11) is 0. The molecule has 4 nitrogen and oxygen atoms in total. The van der Waals surface area contributed by atoms with E-state index in [1.54, 1.807) is 0 Å². The van der Waals surface area contributed by atoms with Gasteiger partial charge in [0.1, 0.15) is 17.8 Å². The number of nitrogens with zero attached hydrogens (tertiary/aromatic N) is 4. The molecule has 0 aliphatic carbocycles. The zero-order chi connectivity index (χ0) is 11.0. The third-order valence-electron chi connectivity index (χ3n) is 2.38. The van der Waals surface area contributed by atoms with Crippen molar-refractivity contribution in [3.63, 3.8) is 0 Å². The number of aryl methyl sites for hydroxylation is 1. The van der Waals surface area contributed by atoms with Gasteiger partial charge in [-0.05, 0) is 13.0 Å². The summed E-state index contributed by atoms with van der Waals surface area (Å²) < 4.78 is 1.96. The molecule has 2 rings (SSSR count). The summed E-state index contributed by atoms with van der Waals surface area (Å²) in [4.78, 5) is 11.9. The summed E-state index contributed by atoms with van der Waals surface area (Å²) in [5.74, 6) is 1.27. The van der Waals surface area contributed by atoms with Gasteiger partial charge in [0.05, 0.1) is 6.57 Å². The number of hydrogen-bond donors (Lipinski definition) is 0. The second kappa shape index (κ2) is 3.35. The van der Waals surface area contributed by atoms with E-state index in [0.717, 1.165) is 11.5 Å². The highest BCUT2D eigenvalue weighted by molar-refractivity contribution is 5.70. The summed E-state index contributed by atoms with van der Waals surface area (Å²) in [6.07, 6.45) is 1.53. The molecule has 0 aliphatic heterocycles. The molecule has 2 heterocycles. The molecule has 0 saturated carbocycles. The minimum atomic E-state index is 0.320. The fraction of sp³-hybridized carbons (Fsp3) is 0.364. The minimum Gasteiger partial charge on any atom is -0.297 e. The predicted molar refractivity (Wildman–Crippen MR) is 58.1 cm³/mol. The van der Waals surface area contributed by atoms with Gasteiger partial charge in [-0.3, -0.25) is 4.40 Å². The van der Waals surface area contributed by atoms with Crippen LogP contribution in [-0.4, -0.2) is 14.4 Å². The summed E-state index contributed by atoms with van der Waals surface area (Å²) in [6.45, 7) is 13.2. The Morgan fingerprint density at radius 2 is 2.13 bits per heavy atom. The molecule has 15 heavy (non-hydrogen) atoms. The van der Waals surface area contributed by atoms with E-state index in [1.807, 2.05) is 17.4 Å². The van der Waals surface area contributed by atoms with Gasteiger partial charge in [-0.15, -0.1) is 0 Å². The summed E-state index contributed by atoms with van der Waals surface area (Å²) >= 11 is 0. The number of fused-ring (bicyclic) bond motifs is 1. The van der Waals surface area contributed by atoms with Crippen LogP contribution in [0, 0.1) is 13.5 Å².